The Hall–Kier alpha value is -3.52. The Bertz CT molecular complexity index is 1420. The van der Waals surface area contributed by atoms with E-state index in [0.717, 1.165) is 78.8 Å². The molecule has 2 aliphatic rings. The van der Waals surface area contributed by atoms with Crippen molar-refractivity contribution in [1.29, 1.82) is 0 Å². The van der Waals surface area contributed by atoms with E-state index >= 15 is 0 Å². The maximum Gasteiger partial charge on any atom is 0.419 e. The van der Waals surface area contributed by atoms with Crippen LogP contribution in [-0.4, -0.2) is 61.0 Å². The first-order valence-corrected chi connectivity index (χ1v) is 14.2. The molecule has 40 heavy (non-hydrogen) atoms. The van der Waals surface area contributed by atoms with Crippen molar-refractivity contribution in [2.75, 3.05) is 38.8 Å². The Morgan fingerprint density at radius 3 is 2.42 bits per heavy atom. The fourth-order valence-corrected chi connectivity index (χ4v) is 6.01. The van der Waals surface area contributed by atoms with Crippen LogP contribution in [0.25, 0.3) is 10.9 Å². The van der Waals surface area contributed by atoms with Crippen LogP contribution in [0.15, 0.2) is 36.5 Å². The standard InChI is InChI=1S/C32H41N3O5/c1-21-18-28(38-5)25(23-13-17-35(29(21)23)31(37)40-32(2,3)4)20-34-14-8-7-10-26(34)24-12-11-22(30(36)39-6)19-27(24)33-15-9-16-33/h11-13,17-19,26H,7-10,14-16,20H2,1-6H3. The molecule has 3 heterocycles. The summed E-state index contributed by atoms with van der Waals surface area (Å²) < 4.78 is 18.2. The molecule has 0 saturated carbocycles. The van der Waals surface area contributed by atoms with Gasteiger partial charge >= 0.3 is 12.1 Å². The van der Waals surface area contributed by atoms with Crippen LogP contribution in [0.4, 0.5) is 10.5 Å². The number of hydrogen-bond donors (Lipinski definition) is 0. The molecule has 5 rings (SSSR count). The maximum absolute atomic E-state index is 13.1. The zero-order chi connectivity index (χ0) is 28.6. The smallest absolute Gasteiger partial charge is 0.419 e. The number of carbonyl (C=O) groups excluding carboxylic acids is 2. The fourth-order valence-electron chi connectivity index (χ4n) is 6.01. The second kappa shape index (κ2) is 11.2. The lowest BCUT2D eigenvalue weighted by atomic mass is 9.91. The van der Waals surface area contributed by atoms with Gasteiger partial charge in [0.15, 0.2) is 0 Å². The monoisotopic (exact) mass is 547 g/mol. The molecular formula is C32H41N3O5. The van der Waals surface area contributed by atoms with Crippen molar-refractivity contribution in [3.63, 3.8) is 0 Å². The molecule has 3 aromatic rings. The number of piperidine rings is 1. The quantitative estimate of drug-likeness (QED) is 0.328. The molecule has 1 atom stereocenters. The molecule has 214 valence electrons. The molecule has 0 spiro atoms. The van der Waals surface area contributed by atoms with Gasteiger partial charge in [0, 0.05) is 48.5 Å². The number of methoxy groups -OCH3 is 2. The van der Waals surface area contributed by atoms with Gasteiger partial charge in [0.2, 0.25) is 0 Å². The molecule has 2 aliphatic heterocycles. The van der Waals surface area contributed by atoms with Crippen molar-refractivity contribution in [3.05, 3.63) is 58.8 Å². The van der Waals surface area contributed by atoms with Gasteiger partial charge in [0.05, 0.1) is 25.3 Å². The number of anilines is 1. The van der Waals surface area contributed by atoms with Gasteiger partial charge in [0.25, 0.3) is 0 Å². The topological polar surface area (TPSA) is 73.2 Å². The summed E-state index contributed by atoms with van der Waals surface area (Å²) in [5, 5.41) is 0.996. The van der Waals surface area contributed by atoms with E-state index in [1.807, 2.05) is 52.0 Å². The van der Waals surface area contributed by atoms with Crippen molar-refractivity contribution in [2.24, 2.45) is 0 Å². The molecule has 1 unspecified atom stereocenters. The molecule has 0 aliphatic carbocycles. The Morgan fingerprint density at radius 2 is 1.77 bits per heavy atom. The minimum absolute atomic E-state index is 0.199. The second-order valence-corrected chi connectivity index (χ2v) is 11.9. The zero-order valence-electron chi connectivity index (χ0n) is 24.6. The van der Waals surface area contributed by atoms with Gasteiger partial charge in [-0.3, -0.25) is 9.47 Å². The molecule has 8 nitrogen and oxygen atoms in total. The summed E-state index contributed by atoms with van der Waals surface area (Å²) >= 11 is 0. The number of aromatic nitrogens is 1. The summed E-state index contributed by atoms with van der Waals surface area (Å²) in [6.45, 7) is 11.3. The number of carbonyl (C=O) groups is 2. The molecule has 0 amide bonds. The van der Waals surface area contributed by atoms with E-state index in [1.165, 1.54) is 12.7 Å². The van der Waals surface area contributed by atoms with Crippen molar-refractivity contribution in [3.8, 4) is 5.75 Å². The Balaban J connectivity index is 1.54. The summed E-state index contributed by atoms with van der Waals surface area (Å²) in [6.07, 6.45) is 5.87. The molecule has 1 aromatic heterocycles. The number of aryl methyl sites for hydroxylation is 1. The maximum atomic E-state index is 13.1. The predicted octanol–water partition coefficient (Wildman–Crippen LogP) is 6.47. The van der Waals surface area contributed by atoms with Gasteiger partial charge in [-0.15, -0.1) is 0 Å². The normalized spacial score (nSPS) is 17.9. The molecule has 0 N–H and O–H groups in total. The summed E-state index contributed by atoms with van der Waals surface area (Å²) in [5.41, 5.74) is 5.25. The van der Waals surface area contributed by atoms with Crippen LogP contribution in [0.2, 0.25) is 0 Å². The van der Waals surface area contributed by atoms with Gasteiger partial charge in [-0.1, -0.05) is 12.5 Å². The Kier molecular flexibility index (Phi) is 7.82. The van der Waals surface area contributed by atoms with Crippen LogP contribution >= 0.6 is 0 Å². The van der Waals surface area contributed by atoms with E-state index < -0.39 is 5.60 Å². The Morgan fingerprint density at radius 1 is 1.00 bits per heavy atom. The third kappa shape index (κ3) is 5.42. The molecular weight excluding hydrogens is 506 g/mol. The highest BCUT2D eigenvalue weighted by atomic mass is 16.6. The number of hydrogen-bond acceptors (Lipinski definition) is 7. The second-order valence-electron chi connectivity index (χ2n) is 11.9. The van der Waals surface area contributed by atoms with Crippen molar-refractivity contribution in [1.82, 2.24) is 9.47 Å². The molecule has 2 saturated heterocycles. The number of esters is 1. The van der Waals surface area contributed by atoms with Crippen molar-refractivity contribution in [2.45, 2.75) is 71.6 Å². The van der Waals surface area contributed by atoms with Crippen LogP contribution in [0.3, 0.4) is 0 Å². The minimum atomic E-state index is -0.588. The predicted molar refractivity (Wildman–Crippen MR) is 156 cm³/mol. The van der Waals surface area contributed by atoms with E-state index in [-0.39, 0.29) is 18.1 Å². The summed E-state index contributed by atoms with van der Waals surface area (Å²) in [4.78, 5) is 30.3. The minimum Gasteiger partial charge on any atom is -0.496 e. The SMILES string of the molecule is COC(=O)c1ccc(C2CCCCN2Cc2c(OC)cc(C)c3c2ccn3C(=O)OC(C)(C)C)c(N2CCC2)c1. The molecule has 2 fully saturated rings. The number of nitrogens with zero attached hydrogens (tertiary/aromatic N) is 3. The lowest BCUT2D eigenvalue weighted by Crippen LogP contribution is -2.40. The average Bonchev–Trinajstić information content (AvgIpc) is 3.34. The first-order chi connectivity index (χ1) is 19.1. The lowest BCUT2D eigenvalue weighted by Gasteiger charge is -2.41. The first kappa shape index (κ1) is 28.0. The highest BCUT2D eigenvalue weighted by Gasteiger charge is 2.31. The highest BCUT2D eigenvalue weighted by Crippen LogP contribution is 2.41. The number of likely N-dealkylation sites (tertiary alicyclic amines) is 1. The zero-order valence-corrected chi connectivity index (χ0v) is 24.6. The largest absolute Gasteiger partial charge is 0.496 e. The molecule has 0 radical (unpaired) electrons. The number of ether oxygens (including phenoxy) is 3. The third-order valence-electron chi connectivity index (χ3n) is 8.02. The first-order valence-electron chi connectivity index (χ1n) is 14.2. The average molecular weight is 548 g/mol. The van der Waals surface area contributed by atoms with Crippen LogP contribution in [0.1, 0.15) is 79.5 Å². The van der Waals surface area contributed by atoms with Crippen LogP contribution < -0.4 is 9.64 Å². The number of benzene rings is 2. The Labute approximate surface area is 236 Å². The summed E-state index contributed by atoms with van der Waals surface area (Å²) in [7, 11) is 3.13. The molecule has 0 bridgehead atoms. The third-order valence-corrected chi connectivity index (χ3v) is 8.02. The van der Waals surface area contributed by atoms with E-state index in [0.29, 0.717) is 12.1 Å². The van der Waals surface area contributed by atoms with Gasteiger partial charge in [-0.05, 0) is 88.9 Å². The fraction of sp³-hybridized carbons (Fsp3) is 0.500. The molecule has 8 heteroatoms. The molecule has 2 aromatic carbocycles. The van der Waals surface area contributed by atoms with Crippen molar-refractivity contribution < 1.29 is 23.8 Å². The van der Waals surface area contributed by atoms with Crippen molar-refractivity contribution >= 4 is 28.7 Å². The van der Waals surface area contributed by atoms with Crippen LogP contribution in [0.5, 0.6) is 5.75 Å². The van der Waals surface area contributed by atoms with Gasteiger partial charge < -0.3 is 19.1 Å². The van der Waals surface area contributed by atoms with Gasteiger partial charge in [0.1, 0.15) is 11.4 Å². The lowest BCUT2D eigenvalue weighted by molar-refractivity contribution is 0.0542. The van der Waals surface area contributed by atoms with E-state index in [1.54, 1.807) is 17.9 Å². The summed E-state index contributed by atoms with van der Waals surface area (Å²) in [6, 6.07) is 10.2. The summed E-state index contributed by atoms with van der Waals surface area (Å²) in [5.74, 6) is 0.510. The highest BCUT2D eigenvalue weighted by molar-refractivity contribution is 5.95. The van der Waals surface area contributed by atoms with E-state index in [4.69, 9.17) is 14.2 Å². The van der Waals surface area contributed by atoms with Gasteiger partial charge in [-0.2, -0.15) is 0 Å². The van der Waals surface area contributed by atoms with E-state index in [2.05, 4.69) is 15.9 Å². The van der Waals surface area contributed by atoms with Gasteiger partial charge in [-0.25, -0.2) is 9.59 Å². The van der Waals surface area contributed by atoms with E-state index in [9.17, 15) is 9.59 Å². The number of fused-ring (bicyclic) bond motifs is 1. The van der Waals surface area contributed by atoms with Crippen LogP contribution in [-0.2, 0) is 16.0 Å². The number of rotatable bonds is 6. The van der Waals surface area contributed by atoms with Crippen LogP contribution in [0, 0.1) is 6.92 Å².